The second-order valence-electron chi connectivity index (χ2n) is 7.39. The number of cyclic esters (lactones) is 2. The lowest BCUT2D eigenvalue weighted by molar-refractivity contribution is -0.156. The van der Waals surface area contributed by atoms with E-state index in [4.69, 9.17) is 4.74 Å². The number of allylic oxidation sites excluding steroid dienone is 2. The summed E-state index contributed by atoms with van der Waals surface area (Å²) in [7, 11) is 5.71. The van der Waals surface area contributed by atoms with E-state index in [9.17, 15) is 14.4 Å². The molecule has 33 heavy (non-hydrogen) atoms. The van der Waals surface area contributed by atoms with Crippen LogP contribution in [0.1, 0.15) is 25.0 Å². The van der Waals surface area contributed by atoms with Gasteiger partial charge in [0.1, 0.15) is 11.1 Å². The van der Waals surface area contributed by atoms with Crippen molar-refractivity contribution in [2.24, 2.45) is 0 Å². The SMILES string of the molecule is CC1=C(c2ccccc2)SS/C1=C1/C(=O)OC(=O)/C(=C2/SSC(c3ccccc3)=C2C)C1=O. The molecule has 0 aliphatic carbocycles. The van der Waals surface area contributed by atoms with Gasteiger partial charge in [0.05, 0.1) is 0 Å². The number of benzene rings is 2. The molecule has 3 aliphatic rings. The molecule has 2 aromatic rings. The zero-order valence-electron chi connectivity index (χ0n) is 17.5. The first kappa shape index (κ1) is 22.4. The van der Waals surface area contributed by atoms with Crippen molar-refractivity contribution >= 4 is 70.7 Å². The maximum atomic E-state index is 13.6. The lowest BCUT2D eigenvalue weighted by Gasteiger charge is -2.18. The van der Waals surface area contributed by atoms with E-state index in [1.54, 1.807) is 0 Å². The molecular weight excluding hydrogens is 493 g/mol. The fraction of sp³-hybridized carbons (Fsp3) is 0.0800. The Morgan fingerprint density at radius 2 is 0.909 bits per heavy atom. The van der Waals surface area contributed by atoms with Gasteiger partial charge in [0.2, 0.25) is 5.78 Å². The van der Waals surface area contributed by atoms with Gasteiger partial charge in [0, 0.05) is 19.6 Å². The van der Waals surface area contributed by atoms with Crippen LogP contribution in [0, 0.1) is 0 Å². The minimum atomic E-state index is -0.883. The second kappa shape index (κ2) is 9.10. The highest BCUT2D eigenvalue weighted by molar-refractivity contribution is 8.82. The van der Waals surface area contributed by atoms with Gasteiger partial charge in [0.15, 0.2) is 0 Å². The van der Waals surface area contributed by atoms with Gasteiger partial charge in [-0.1, -0.05) is 104 Å². The van der Waals surface area contributed by atoms with Crippen LogP contribution in [0.15, 0.2) is 92.8 Å². The summed E-state index contributed by atoms with van der Waals surface area (Å²) in [5.74, 6) is -2.33. The smallest absolute Gasteiger partial charge is 0.351 e. The molecule has 0 aromatic heterocycles. The predicted octanol–water partition coefficient (Wildman–Crippen LogP) is 6.80. The summed E-state index contributed by atoms with van der Waals surface area (Å²) < 4.78 is 5.08. The number of ketones is 1. The Morgan fingerprint density at radius 3 is 1.30 bits per heavy atom. The van der Waals surface area contributed by atoms with Crippen LogP contribution >= 0.6 is 43.2 Å². The minimum Gasteiger partial charge on any atom is -0.385 e. The Balaban J connectivity index is 1.61. The second-order valence-corrected chi connectivity index (χ2v) is 11.7. The number of carbonyl (C=O) groups excluding carboxylic acids is 3. The highest BCUT2D eigenvalue weighted by Crippen LogP contribution is 2.57. The van der Waals surface area contributed by atoms with Gasteiger partial charge in [-0.2, -0.15) is 0 Å². The first-order valence-electron chi connectivity index (χ1n) is 9.99. The number of hydrogen-bond donors (Lipinski definition) is 0. The van der Waals surface area contributed by atoms with Gasteiger partial charge >= 0.3 is 11.9 Å². The molecule has 0 amide bonds. The van der Waals surface area contributed by atoms with E-state index in [0.717, 1.165) is 32.1 Å². The molecule has 0 N–H and O–H groups in total. The molecule has 5 rings (SSSR count). The van der Waals surface area contributed by atoms with Crippen molar-refractivity contribution < 1.29 is 19.1 Å². The number of hydrogen-bond acceptors (Lipinski definition) is 8. The molecule has 0 radical (unpaired) electrons. The average Bonchev–Trinajstić information content (AvgIpc) is 3.38. The van der Waals surface area contributed by atoms with Crippen LogP contribution in [0.25, 0.3) is 9.81 Å². The third kappa shape index (κ3) is 3.95. The van der Waals surface area contributed by atoms with E-state index in [2.05, 4.69) is 0 Å². The Labute approximate surface area is 206 Å². The Hall–Kier alpha value is -2.39. The summed E-state index contributed by atoms with van der Waals surface area (Å²) in [6.45, 7) is 3.78. The topological polar surface area (TPSA) is 60.4 Å². The van der Waals surface area contributed by atoms with Crippen LogP contribution in [0.4, 0.5) is 0 Å². The molecule has 0 bridgehead atoms. The third-order valence-corrected chi connectivity index (χ3v) is 10.8. The quantitative estimate of drug-likeness (QED) is 0.144. The number of esters is 2. The van der Waals surface area contributed by atoms with Crippen LogP contribution in [-0.4, -0.2) is 17.7 Å². The maximum absolute atomic E-state index is 13.6. The summed E-state index contributed by atoms with van der Waals surface area (Å²) in [6.07, 6.45) is 0. The number of rotatable bonds is 2. The zero-order valence-corrected chi connectivity index (χ0v) is 20.8. The van der Waals surface area contributed by atoms with Gasteiger partial charge in [-0.15, -0.1) is 0 Å². The number of ether oxygens (including phenoxy) is 1. The molecule has 4 nitrogen and oxygen atoms in total. The highest BCUT2D eigenvalue weighted by atomic mass is 33.1. The summed E-state index contributed by atoms with van der Waals surface area (Å²) in [5.41, 5.74) is 3.57. The number of carbonyl (C=O) groups is 3. The predicted molar refractivity (Wildman–Crippen MR) is 139 cm³/mol. The van der Waals surface area contributed by atoms with Crippen molar-refractivity contribution in [3.05, 3.63) is 104 Å². The molecule has 164 valence electrons. The molecule has 0 saturated carbocycles. The van der Waals surface area contributed by atoms with Crippen LogP contribution < -0.4 is 0 Å². The monoisotopic (exact) mass is 508 g/mol. The summed E-state index contributed by atoms with van der Waals surface area (Å²) in [6, 6.07) is 19.6. The van der Waals surface area contributed by atoms with Crippen LogP contribution in [0.2, 0.25) is 0 Å². The highest BCUT2D eigenvalue weighted by Gasteiger charge is 2.43. The molecule has 1 saturated heterocycles. The fourth-order valence-electron chi connectivity index (χ4n) is 3.68. The van der Waals surface area contributed by atoms with Crippen molar-refractivity contribution in [2.45, 2.75) is 13.8 Å². The molecule has 0 spiro atoms. The number of Topliss-reactive ketones (excluding diaryl/α,β-unsaturated/α-hetero) is 1. The summed E-state index contributed by atoms with van der Waals surface area (Å²) in [4.78, 5) is 42.1. The average molecular weight is 509 g/mol. The molecule has 1 fully saturated rings. The normalized spacial score (nSPS) is 23.6. The standard InChI is InChI=1S/C25H16O4S4/c1-13-20(15-9-5-3-6-10-15)30-32-22(13)17-19(26)18(25(28)29-24(17)27)23-14(2)21(31-33-23)16-11-7-4-8-12-16/h3-12H,1-2H3/b22-17+,23-18+. The van der Waals surface area contributed by atoms with Crippen LogP contribution in [-0.2, 0) is 19.1 Å². The maximum Gasteiger partial charge on any atom is 0.351 e. The van der Waals surface area contributed by atoms with Crippen molar-refractivity contribution in [3.63, 3.8) is 0 Å². The molecule has 3 aliphatic heterocycles. The lowest BCUT2D eigenvalue weighted by Crippen LogP contribution is -2.33. The van der Waals surface area contributed by atoms with Crippen molar-refractivity contribution in [2.75, 3.05) is 0 Å². The van der Waals surface area contributed by atoms with E-state index in [-0.39, 0.29) is 11.1 Å². The summed E-state index contributed by atoms with van der Waals surface area (Å²) in [5, 5.41) is 0. The Kier molecular flexibility index (Phi) is 6.18. The van der Waals surface area contributed by atoms with Gasteiger partial charge in [-0.3, -0.25) is 4.79 Å². The van der Waals surface area contributed by atoms with Crippen molar-refractivity contribution in [1.82, 2.24) is 0 Å². The lowest BCUT2D eigenvalue weighted by atomic mass is 9.95. The summed E-state index contributed by atoms with van der Waals surface area (Å²) >= 11 is 0. The molecular formula is C25H16O4S4. The first-order chi connectivity index (χ1) is 16.0. The van der Waals surface area contributed by atoms with Gasteiger partial charge in [0.25, 0.3) is 0 Å². The van der Waals surface area contributed by atoms with Crippen molar-refractivity contribution in [3.8, 4) is 0 Å². The van der Waals surface area contributed by atoms with E-state index in [1.165, 1.54) is 43.2 Å². The molecule has 0 atom stereocenters. The fourth-order valence-corrected chi connectivity index (χ4v) is 9.61. The Bertz CT molecular complexity index is 1230. The molecule has 3 heterocycles. The van der Waals surface area contributed by atoms with E-state index in [0.29, 0.717) is 9.81 Å². The zero-order chi connectivity index (χ0) is 23.1. The Morgan fingerprint density at radius 1 is 0.545 bits per heavy atom. The van der Waals surface area contributed by atoms with E-state index in [1.807, 2.05) is 74.5 Å². The first-order valence-corrected chi connectivity index (χ1v) is 14.3. The molecule has 8 heteroatoms. The van der Waals surface area contributed by atoms with Crippen LogP contribution in [0.5, 0.6) is 0 Å². The third-order valence-electron chi connectivity index (χ3n) is 5.35. The molecule has 2 aromatic carbocycles. The van der Waals surface area contributed by atoms with Gasteiger partial charge in [-0.25, -0.2) is 9.59 Å². The van der Waals surface area contributed by atoms with Gasteiger partial charge in [-0.05, 0) is 36.1 Å². The largest absolute Gasteiger partial charge is 0.385 e. The van der Waals surface area contributed by atoms with Gasteiger partial charge < -0.3 is 4.74 Å². The minimum absolute atomic E-state index is 0.0652. The van der Waals surface area contributed by atoms with E-state index < -0.39 is 17.7 Å². The van der Waals surface area contributed by atoms with E-state index >= 15 is 0 Å². The van der Waals surface area contributed by atoms with Crippen molar-refractivity contribution in [1.29, 1.82) is 0 Å². The molecule has 0 unspecified atom stereocenters. The van der Waals surface area contributed by atoms with Crippen LogP contribution in [0.3, 0.4) is 0 Å².